The van der Waals surface area contributed by atoms with Gasteiger partial charge in [-0.25, -0.2) is 16.8 Å². The summed E-state index contributed by atoms with van der Waals surface area (Å²) in [5.74, 6) is 0.0162. The molecule has 8 heteroatoms. The Bertz CT molecular complexity index is 1010. The molecule has 26 heavy (non-hydrogen) atoms. The van der Waals surface area contributed by atoms with Crippen molar-refractivity contribution in [3.63, 3.8) is 0 Å². The molecule has 2 aromatic rings. The van der Waals surface area contributed by atoms with Gasteiger partial charge in [0.25, 0.3) is 0 Å². The van der Waals surface area contributed by atoms with Crippen LogP contribution in [0.2, 0.25) is 0 Å². The van der Waals surface area contributed by atoms with Crippen molar-refractivity contribution in [2.24, 2.45) is 0 Å². The van der Waals surface area contributed by atoms with Crippen LogP contribution in [0, 0.1) is 0 Å². The van der Waals surface area contributed by atoms with Crippen molar-refractivity contribution < 1.29 is 21.6 Å². The summed E-state index contributed by atoms with van der Waals surface area (Å²) in [6.45, 7) is 1.13. The Hall–Kier alpha value is -1.90. The Kier molecular flexibility index (Phi) is 5.09. The van der Waals surface area contributed by atoms with Gasteiger partial charge in [0.1, 0.15) is 17.6 Å². The van der Waals surface area contributed by atoms with Crippen molar-refractivity contribution in [3.8, 4) is 5.75 Å². The Labute approximate surface area is 154 Å². The molecule has 1 atom stereocenters. The van der Waals surface area contributed by atoms with Gasteiger partial charge in [0.15, 0.2) is 19.7 Å². The maximum atomic E-state index is 13.1. The first-order chi connectivity index (χ1) is 12.2. The van der Waals surface area contributed by atoms with Crippen LogP contribution in [-0.4, -0.2) is 54.7 Å². The highest BCUT2D eigenvalue weighted by atomic mass is 32.2. The molecule has 0 saturated carbocycles. The van der Waals surface area contributed by atoms with Crippen LogP contribution in [-0.2, 0) is 19.7 Å². The van der Waals surface area contributed by atoms with Gasteiger partial charge in [0.05, 0.1) is 15.5 Å². The summed E-state index contributed by atoms with van der Waals surface area (Å²) in [6, 6.07) is 12.5. The molecule has 0 aromatic heterocycles. The van der Waals surface area contributed by atoms with Crippen molar-refractivity contribution in [2.45, 2.75) is 15.0 Å². The molecule has 0 bridgehead atoms. The lowest BCUT2D eigenvalue weighted by molar-refractivity contribution is 0.261. The van der Waals surface area contributed by atoms with Crippen molar-refractivity contribution in [3.05, 3.63) is 54.1 Å². The fourth-order valence-corrected chi connectivity index (χ4v) is 7.28. The SMILES string of the molecule is CN(C)CCOc1cccc(S(=O)(=O)C2CS(=O)(=O)c3ccccc32)c1. The Morgan fingerprint density at radius 2 is 1.85 bits per heavy atom. The molecule has 1 heterocycles. The first-order valence-corrected chi connectivity index (χ1v) is 11.3. The van der Waals surface area contributed by atoms with E-state index < -0.39 is 30.7 Å². The van der Waals surface area contributed by atoms with E-state index in [0.29, 0.717) is 24.5 Å². The molecule has 0 aliphatic carbocycles. The van der Waals surface area contributed by atoms with E-state index in [-0.39, 0.29) is 9.79 Å². The van der Waals surface area contributed by atoms with Crippen molar-refractivity contribution in [1.29, 1.82) is 0 Å². The number of hydrogen-bond donors (Lipinski definition) is 0. The minimum Gasteiger partial charge on any atom is -0.492 e. The van der Waals surface area contributed by atoms with Crippen LogP contribution in [0.3, 0.4) is 0 Å². The summed E-state index contributed by atoms with van der Waals surface area (Å²) in [6.07, 6.45) is 0. The number of hydrogen-bond acceptors (Lipinski definition) is 6. The monoisotopic (exact) mass is 395 g/mol. The van der Waals surface area contributed by atoms with E-state index in [9.17, 15) is 16.8 Å². The summed E-state index contributed by atoms with van der Waals surface area (Å²) >= 11 is 0. The number of sulfone groups is 2. The molecular formula is C18H21NO5S2. The van der Waals surface area contributed by atoms with E-state index in [1.165, 1.54) is 18.2 Å². The molecule has 2 aromatic carbocycles. The smallest absolute Gasteiger partial charge is 0.186 e. The van der Waals surface area contributed by atoms with Crippen LogP contribution < -0.4 is 4.74 Å². The van der Waals surface area contributed by atoms with E-state index >= 15 is 0 Å². The average Bonchev–Trinajstić information content (AvgIpc) is 2.87. The molecule has 140 valence electrons. The normalized spacial score (nSPS) is 18.7. The number of ether oxygens (including phenoxy) is 1. The van der Waals surface area contributed by atoms with Gasteiger partial charge >= 0.3 is 0 Å². The first kappa shape index (κ1) is 18.9. The number of nitrogens with zero attached hydrogens (tertiary/aromatic N) is 1. The quantitative estimate of drug-likeness (QED) is 0.743. The maximum Gasteiger partial charge on any atom is 0.186 e. The van der Waals surface area contributed by atoms with Crippen LogP contribution in [0.25, 0.3) is 0 Å². The molecule has 0 spiro atoms. The van der Waals surface area contributed by atoms with Crippen molar-refractivity contribution in [2.75, 3.05) is 33.0 Å². The van der Waals surface area contributed by atoms with Crippen molar-refractivity contribution >= 4 is 19.7 Å². The highest BCUT2D eigenvalue weighted by molar-refractivity contribution is 7.96. The highest BCUT2D eigenvalue weighted by Crippen LogP contribution is 2.41. The van der Waals surface area contributed by atoms with Crippen LogP contribution >= 0.6 is 0 Å². The fraction of sp³-hybridized carbons (Fsp3) is 0.333. The second-order valence-electron chi connectivity index (χ2n) is 6.48. The molecule has 0 radical (unpaired) electrons. The highest BCUT2D eigenvalue weighted by Gasteiger charge is 2.42. The zero-order valence-electron chi connectivity index (χ0n) is 14.6. The van der Waals surface area contributed by atoms with E-state index in [4.69, 9.17) is 4.74 Å². The third-order valence-electron chi connectivity index (χ3n) is 4.29. The molecule has 0 fully saturated rings. The molecule has 0 saturated heterocycles. The summed E-state index contributed by atoms with van der Waals surface area (Å²) in [5.41, 5.74) is 0.339. The van der Waals surface area contributed by atoms with Gasteiger partial charge in [-0.05, 0) is 43.9 Å². The standard InChI is InChI=1S/C18H21NO5S2/c1-19(2)10-11-24-14-6-5-7-15(12-14)26(22,23)18-13-25(20,21)17-9-4-3-8-16(17)18/h3-9,12,18H,10-11,13H2,1-2H3. The van der Waals surface area contributed by atoms with Gasteiger partial charge in [-0.3, -0.25) is 0 Å². The maximum absolute atomic E-state index is 13.1. The second kappa shape index (κ2) is 7.02. The molecule has 0 amide bonds. The lowest BCUT2D eigenvalue weighted by atomic mass is 10.2. The van der Waals surface area contributed by atoms with E-state index in [1.807, 2.05) is 19.0 Å². The molecule has 1 aliphatic rings. The van der Waals surface area contributed by atoms with Gasteiger partial charge in [0.2, 0.25) is 0 Å². The third-order valence-corrected chi connectivity index (χ3v) is 8.39. The van der Waals surface area contributed by atoms with Crippen molar-refractivity contribution in [1.82, 2.24) is 4.90 Å². The summed E-state index contributed by atoms with van der Waals surface area (Å²) < 4.78 is 56.4. The van der Waals surface area contributed by atoms with Crippen LogP contribution in [0.1, 0.15) is 10.8 Å². The fourth-order valence-electron chi connectivity index (χ4n) is 2.92. The summed E-state index contributed by atoms with van der Waals surface area (Å²) in [4.78, 5) is 2.13. The summed E-state index contributed by atoms with van der Waals surface area (Å²) in [7, 11) is -3.61. The molecular weight excluding hydrogens is 374 g/mol. The van der Waals surface area contributed by atoms with Gasteiger partial charge in [-0.15, -0.1) is 0 Å². The molecule has 3 rings (SSSR count). The van der Waals surface area contributed by atoms with Crippen LogP contribution in [0.15, 0.2) is 58.3 Å². The van der Waals surface area contributed by atoms with Gasteiger partial charge in [0, 0.05) is 6.54 Å². The number of benzene rings is 2. The van der Waals surface area contributed by atoms with E-state index in [2.05, 4.69) is 0 Å². The Balaban J connectivity index is 1.92. The number of fused-ring (bicyclic) bond motifs is 1. The largest absolute Gasteiger partial charge is 0.492 e. The lowest BCUT2D eigenvalue weighted by Gasteiger charge is -2.14. The number of rotatable bonds is 6. The van der Waals surface area contributed by atoms with E-state index in [0.717, 1.165) is 0 Å². The zero-order chi connectivity index (χ0) is 18.9. The van der Waals surface area contributed by atoms with E-state index in [1.54, 1.807) is 30.3 Å². The zero-order valence-corrected chi connectivity index (χ0v) is 16.3. The molecule has 0 N–H and O–H groups in total. The predicted octanol–water partition coefficient (Wildman–Crippen LogP) is 1.93. The van der Waals surface area contributed by atoms with Crippen LogP contribution in [0.4, 0.5) is 0 Å². The second-order valence-corrected chi connectivity index (χ2v) is 10.6. The lowest BCUT2D eigenvalue weighted by Crippen LogP contribution is -2.19. The third kappa shape index (κ3) is 3.62. The Morgan fingerprint density at radius 1 is 1.12 bits per heavy atom. The summed E-state index contributed by atoms with van der Waals surface area (Å²) in [5, 5.41) is -1.10. The molecule has 6 nitrogen and oxygen atoms in total. The minimum atomic E-state index is -3.86. The number of likely N-dealkylation sites (N-methyl/N-ethyl adjacent to an activating group) is 1. The molecule has 1 unspecified atom stereocenters. The van der Waals surface area contributed by atoms with Gasteiger partial charge in [-0.1, -0.05) is 24.3 Å². The van der Waals surface area contributed by atoms with Crippen LogP contribution in [0.5, 0.6) is 5.75 Å². The minimum absolute atomic E-state index is 0.0664. The molecule has 1 aliphatic heterocycles. The van der Waals surface area contributed by atoms with Gasteiger partial charge < -0.3 is 9.64 Å². The first-order valence-electron chi connectivity index (χ1n) is 8.15. The van der Waals surface area contributed by atoms with Gasteiger partial charge in [-0.2, -0.15) is 0 Å². The average molecular weight is 396 g/mol. The predicted molar refractivity (Wildman–Crippen MR) is 98.9 cm³/mol. The topological polar surface area (TPSA) is 80.8 Å². The Morgan fingerprint density at radius 3 is 2.58 bits per heavy atom.